The van der Waals surface area contributed by atoms with Gasteiger partial charge in [0.1, 0.15) is 13.3 Å². The number of rotatable bonds is 4. The predicted molar refractivity (Wildman–Crippen MR) is 51.7 cm³/mol. The molecule has 0 aliphatic carbocycles. The summed E-state index contributed by atoms with van der Waals surface area (Å²) >= 11 is 0. The van der Waals surface area contributed by atoms with Gasteiger partial charge in [-0.05, 0) is 13.0 Å². The molecule has 0 spiro atoms. The molecule has 0 aromatic carbocycles. The van der Waals surface area contributed by atoms with Crippen LogP contribution >= 0.6 is 0 Å². The number of halogens is 2. The van der Waals surface area contributed by atoms with Gasteiger partial charge in [0.15, 0.2) is 5.60 Å². The number of alkyl halides is 2. The Morgan fingerprint density at radius 1 is 1.44 bits per heavy atom. The Kier molecular flexibility index (Phi) is 4.16. The molecule has 0 radical (unpaired) electrons. The molecule has 0 bridgehead atoms. The number of hydrogen-bond donors (Lipinski definition) is 0. The summed E-state index contributed by atoms with van der Waals surface area (Å²) in [6.45, 7) is -1.12. The highest BCUT2D eigenvalue weighted by atomic mass is 19.1. The van der Waals surface area contributed by atoms with Crippen LogP contribution in [0.5, 0.6) is 5.88 Å². The molecule has 6 heteroatoms. The molecule has 16 heavy (non-hydrogen) atoms. The van der Waals surface area contributed by atoms with Gasteiger partial charge in [-0.3, -0.25) is 0 Å². The lowest BCUT2D eigenvalue weighted by Crippen LogP contribution is -2.37. The molecule has 0 aliphatic heterocycles. The number of pyridine rings is 1. The summed E-state index contributed by atoms with van der Waals surface area (Å²) in [7, 11) is 0. The Morgan fingerprint density at radius 3 is 2.62 bits per heavy atom. The van der Waals surface area contributed by atoms with E-state index in [9.17, 15) is 13.6 Å². The van der Waals surface area contributed by atoms with Crippen LogP contribution < -0.4 is 4.74 Å². The van der Waals surface area contributed by atoms with Crippen LogP contribution in [0.25, 0.3) is 0 Å². The van der Waals surface area contributed by atoms with Crippen LogP contribution in [0.15, 0.2) is 24.4 Å². The fourth-order valence-electron chi connectivity index (χ4n) is 0.805. The molecule has 0 N–H and O–H groups in total. The van der Waals surface area contributed by atoms with Gasteiger partial charge in [0.2, 0.25) is 5.88 Å². The average Bonchev–Trinajstić information content (AvgIpc) is 2.30. The SMILES string of the molecule is CC(CF)(CF)OC(=O)Oc1ccccn1. The highest BCUT2D eigenvalue weighted by Crippen LogP contribution is 2.14. The van der Waals surface area contributed by atoms with Gasteiger partial charge in [-0.2, -0.15) is 0 Å². The third-order valence-corrected chi connectivity index (χ3v) is 1.72. The summed E-state index contributed by atoms with van der Waals surface area (Å²) in [5.74, 6) is 0.00701. The largest absolute Gasteiger partial charge is 0.515 e. The van der Waals surface area contributed by atoms with Gasteiger partial charge in [0, 0.05) is 12.3 Å². The van der Waals surface area contributed by atoms with Crippen molar-refractivity contribution in [2.75, 3.05) is 13.3 Å². The van der Waals surface area contributed by atoms with Crippen molar-refractivity contribution in [3.8, 4) is 5.88 Å². The van der Waals surface area contributed by atoms with Crippen molar-refractivity contribution >= 4 is 6.16 Å². The summed E-state index contributed by atoms with van der Waals surface area (Å²) in [5.41, 5.74) is -1.80. The highest BCUT2D eigenvalue weighted by molar-refractivity contribution is 5.63. The van der Waals surface area contributed by atoms with Gasteiger partial charge in [0.05, 0.1) is 0 Å². The number of ether oxygens (including phenoxy) is 2. The normalized spacial score (nSPS) is 10.9. The number of nitrogens with zero attached hydrogens (tertiary/aromatic N) is 1. The Labute approximate surface area is 91.2 Å². The molecule has 0 amide bonds. The summed E-state index contributed by atoms with van der Waals surface area (Å²) in [6, 6.07) is 4.65. The van der Waals surface area contributed by atoms with Crippen molar-refractivity contribution in [2.24, 2.45) is 0 Å². The molecule has 1 aromatic heterocycles. The minimum absolute atomic E-state index is 0.00701. The molecule has 0 saturated carbocycles. The van der Waals surface area contributed by atoms with E-state index >= 15 is 0 Å². The lowest BCUT2D eigenvalue weighted by Gasteiger charge is -2.21. The van der Waals surface area contributed by atoms with Crippen molar-refractivity contribution in [2.45, 2.75) is 12.5 Å². The van der Waals surface area contributed by atoms with Crippen molar-refractivity contribution in [3.63, 3.8) is 0 Å². The van der Waals surface area contributed by atoms with Crippen LogP contribution in [0, 0.1) is 0 Å². The smallest absolute Gasteiger partial charge is 0.422 e. The van der Waals surface area contributed by atoms with E-state index < -0.39 is 25.1 Å². The molecule has 0 aliphatic rings. The first-order valence-corrected chi connectivity index (χ1v) is 4.53. The first-order chi connectivity index (χ1) is 7.59. The van der Waals surface area contributed by atoms with Gasteiger partial charge in [-0.25, -0.2) is 18.6 Å². The molecule has 1 aromatic rings. The predicted octanol–water partition coefficient (Wildman–Crippen LogP) is 2.29. The molecule has 88 valence electrons. The number of carbonyl (C=O) groups is 1. The lowest BCUT2D eigenvalue weighted by atomic mass is 10.1. The maximum Gasteiger partial charge on any atom is 0.515 e. The van der Waals surface area contributed by atoms with Gasteiger partial charge in [-0.15, -0.1) is 0 Å². The average molecular weight is 231 g/mol. The first-order valence-electron chi connectivity index (χ1n) is 4.53. The zero-order chi connectivity index (χ0) is 12.0. The molecule has 0 saturated heterocycles. The zero-order valence-electron chi connectivity index (χ0n) is 8.65. The van der Waals surface area contributed by atoms with Crippen LogP contribution in [0.3, 0.4) is 0 Å². The van der Waals surface area contributed by atoms with Crippen LogP contribution in [-0.2, 0) is 4.74 Å². The summed E-state index contributed by atoms with van der Waals surface area (Å²) in [4.78, 5) is 14.8. The van der Waals surface area contributed by atoms with E-state index in [2.05, 4.69) is 14.5 Å². The number of hydrogen-bond acceptors (Lipinski definition) is 4. The number of carbonyl (C=O) groups excluding carboxylic acids is 1. The second-order valence-electron chi connectivity index (χ2n) is 3.34. The van der Waals surface area contributed by atoms with E-state index in [1.807, 2.05) is 0 Å². The Morgan fingerprint density at radius 2 is 2.12 bits per heavy atom. The van der Waals surface area contributed by atoms with E-state index in [0.29, 0.717) is 0 Å². The summed E-state index contributed by atoms with van der Waals surface area (Å²) < 4.78 is 33.8. The van der Waals surface area contributed by atoms with Crippen LogP contribution in [0.4, 0.5) is 13.6 Å². The van der Waals surface area contributed by atoms with Crippen LogP contribution in [0.1, 0.15) is 6.92 Å². The second-order valence-corrected chi connectivity index (χ2v) is 3.34. The molecule has 0 atom stereocenters. The Bertz CT molecular complexity index is 341. The quantitative estimate of drug-likeness (QED) is 0.746. The van der Waals surface area contributed by atoms with Gasteiger partial charge < -0.3 is 9.47 Å². The summed E-state index contributed by atoms with van der Waals surface area (Å²) in [5, 5.41) is 0. The minimum Gasteiger partial charge on any atom is -0.422 e. The van der Waals surface area contributed by atoms with Crippen LogP contribution in [-0.4, -0.2) is 30.1 Å². The molecule has 0 unspecified atom stereocenters. The van der Waals surface area contributed by atoms with Crippen molar-refractivity contribution in [3.05, 3.63) is 24.4 Å². The Hall–Kier alpha value is -1.72. The second kappa shape index (κ2) is 5.39. The molecule has 0 fully saturated rings. The fourth-order valence-corrected chi connectivity index (χ4v) is 0.805. The molecular formula is C10H11F2NO3. The van der Waals surface area contributed by atoms with E-state index in [4.69, 9.17) is 0 Å². The standard InChI is InChI=1S/C10H11F2NO3/c1-10(6-11,7-12)16-9(14)15-8-4-2-3-5-13-8/h2-5H,6-7H2,1H3. The third kappa shape index (κ3) is 3.45. The monoisotopic (exact) mass is 231 g/mol. The maximum atomic E-state index is 12.4. The van der Waals surface area contributed by atoms with Crippen molar-refractivity contribution in [1.82, 2.24) is 4.98 Å². The van der Waals surface area contributed by atoms with E-state index in [0.717, 1.165) is 6.92 Å². The fraction of sp³-hybridized carbons (Fsp3) is 0.400. The van der Waals surface area contributed by atoms with Gasteiger partial charge in [-0.1, -0.05) is 6.07 Å². The van der Waals surface area contributed by atoms with E-state index in [-0.39, 0.29) is 5.88 Å². The van der Waals surface area contributed by atoms with Crippen LogP contribution in [0.2, 0.25) is 0 Å². The summed E-state index contributed by atoms with van der Waals surface area (Å²) in [6.07, 6.45) is 0.225. The van der Waals surface area contributed by atoms with E-state index in [1.54, 1.807) is 12.1 Å². The topological polar surface area (TPSA) is 48.4 Å². The molecule has 1 rings (SSSR count). The maximum absolute atomic E-state index is 12.4. The minimum atomic E-state index is -1.80. The molecular weight excluding hydrogens is 220 g/mol. The highest BCUT2D eigenvalue weighted by Gasteiger charge is 2.30. The van der Waals surface area contributed by atoms with Crippen molar-refractivity contribution < 1.29 is 23.0 Å². The molecule has 4 nitrogen and oxygen atoms in total. The molecule has 1 heterocycles. The van der Waals surface area contributed by atoms with Crippen molar-refractivity contribution in [1.29, 1.82) is 0 Å². The van der Waals surface area contributed by atoms with Gasteiger partial charge >= 0.3 is 6.16 Å². The Balaban J connectivity index is 2.54. The zero-order valence-corrected chi connectivity index (χ0v) is 8.65. The first kappa shape index (κ1) is 12.4. The third-order valence-electron chi connectivity index (χ3n) is 1.72. The lowest BCUT2D eigenvalue weighted by molar-refractivity contribution is -0.0317. The van der Waals surface area contributed by atoms with E-state index in [1.165, 1.54) is 12.3 Å². The van der Waals surface area contributed by atoms with Gasteiger partial charge in [0.25, 0.3) is 0 Å². The number of aromatic nitrogens is 1.